The van der Waals surface area contributed by atoms with Gasteiger partial charge in [0.2, 0.25) is 0 Å². The Labute approximate surface area is 132 Å². The van der Waals surface area contributed by atoms with Crippen LogP contribution in [0.1, 0.15) is 56.2 Å². The van der Waals surface area contributed by atoms with Crippen molar-refractivity contribution in [2.45, 2.75) is 57.2 Å². The van der Waals surface area contributed by atoms with Gasteiger partial charge in [-0.2, -0.15) is 11.8 Å². The van der Waals surface area contributed by atoms with Crippen molar-refractivity contribution in [1.82, 2.24) is 5.32 Å². The van der Waals surface area contributed by atoms with Gasteiger partial charge < -0.3 is 5.32 Å². The molecule has 1 nitrogen and oxygen atoms in total. The smallest absolute Gasteiger partial charge is 0.0438 e. The number of benzene rings is 1. The number of hydrogen-bond acceptors (Lipinski definition) is 2. The SMILES string of the molecule is CCNC(CSC1CCCCC1)c1ccc(C)c(Cl)c1. The minimum Gasteiger partial charge on any atom is -0.310 e. The molecule has 0 aromatic heterocycles. The van der Waals surface area contributed by atoms with Gasteiger partial charge in [-0.05, 0) is 43.5 Å². The molecule has 1 N–H and O–H groups in total. The van der Waals surface area contributed by atoms with Gasteiger partial charge in [-0.3, -0.25) is 0 Å². The topological polar surface area (TPSA) is 12.0 Å². The van der Waals surface area contributed by atoms with Gasteiger partial charge in [-0.1, -0.05) is 49.9 Å². The molecule has 0 radical (unpaired) electrons. The molecule has 3 heteroatoms. The van der Waals surface area contributed by atoms with Gasteiger partial charge in [-0.25, -0.2) is 0 Å². The highest BCUT2D eigenvalue weighted by Crippen LogP contribution is 2.31. The zero-order valence-electron chi connectivity index (χ0n) is 12.6. The molecule has 20 heavy (non-hydrogen) atoms. The lowest BCUT2D eigenvalue weighted by atomic mass is 10.0. The number of aryl methyl sites for hydroxylation is 1. The molecule has 0 heterocycles. The molecular formula is C17H26ClNS. The van der Waals surface area contributed by atoms with Crippen molar-refractivity contribution in [2.24, 2.45) is 0 Å². The summed E-state index contributed by atoms with van der Waals surface area (Å²) in [7, 11) is 0. The Balaban J connectivity index is 1.96. The highest BCUT2D eigenvalue weighted by atomic mass is 35.5. The summed E-state index contributed by atoms with van der Waals surface area (Å²) in [5.41, 5.74) is 2.48. The van der Waals surface area contributed by atoms with E-state index in [1.165, 1.54) is 37.7 Å². The Morgan fingerprint density at radius 2 is 2.05 bits per heavy atom. The van der Waals surface area contributed by atoms with E-state index in [9.17, 15) is 0 Å². The number of hydrogen-bond donors (Lipinski definition) is 1. The largest absolute Gasteiger partial charge is 0.310 e. The van der Waals surface area contributed by atoms with Crippen molar-refractivity contribution in [3.8, 4) is 0 Å². The number of nitrogens with one attached hydrogen (secondary N) is 1. The summed E-state index contributed by atoms with van der Waals surface area (Å²) in [6.45, 7) is 5.24. The molecule has 0 amide bonds. The van der Waals surface area contributed by atoms with Crippen LogP contribution in [0.4, 0.5) is 0 Å². The Kier molecular flexibility index (Phi) is 6.73. The number of halogens is 1. The summed E-state index contributed by atoms with van der Waals surface area (Å²) in [5.74, 6) is 1.15. The van der Waals surface area contributed by atoms with E-state index in [1.807, 2.05) is 0 Å². The average molecular weight is 312 g/mol. The first-order chi connectivity index (χ1) is 9.70. The van der Waals surface area contributed by atoms with Gasteiger partial charge in [0.05, 0.1) is 0 Å². The van der Waals surface area contributed by atoms with Gasteiger partial charge in [0.25, 0.3) is 0 Å². The zero-order chi connectivity index (χ0) is 14.4. The minimum absolute atomic E-state index is 0.421. The Morgan fingerprint density at radius 1 is 1.30 bits per heavy atom. The van der Waals surface area contributed by atoms with E-state index in [-0.39, 0.29) is 0 Å². The molecule has 0 saturated heterocycles. The molecule has 0 spiro atoms. The first-order valence-corrected chi connectivity index (χ1v) is 9.24. The lowest BCUT2D eigenvalue weighted by Crippen LogP contribution is -2.24. The summed E-state index contributed by atoms with van der Waals surface area (Å²) in [6.07, 6.45) is 7.07. The molecule has 1 aliphatic carbocycles. The van der Waals surface area contributed by atoms with Gasteiger partial charge in [0, 0.05) is 22.1 Å². The maximum Gasteiger partial charge on any atom is 0.0438 e. The second-order valence-corrected chi connectivity index (χ2v) is 7.45. The first kappa shape index (κ1) is 16.2. The summed E-state index contributed by atoms with van der Waals surface area (Å²) in [5, 5.41) is 5.35. The van der Waals surface area contributed by atoms with Crippen LogP contribution in [0.15, 0.2) is 18.2 Å². The Hall–Kier alpha value is -0.180. The monoisotopic (exact) mass is 311 g/mol. The van der Waals surface area contributed by atoms with E-state index in [1.54, 1.807) is 0 Å². The van der Waals surface area contributed by atoms with E-state index in [4.69, 9.17) is 11.6 Å². The normalized spacial score (nSPS) is 18.1. The third-order valence-electron chi connectivity index (χ3n) is 4.10. The Morgan fingerprint density at radius 3 is 2.70 bits per heavy atom. The molecule has 1 aromatic rings. The predicted octanol–water partition coefficient (Wildman–Crippen LogP) is 5.36. The fraction of sp³-hybridized carbons (Fsp3) is 0.647. The summed E-state index contributed by atoms with van der Waals surface area (Å²) in [4.78, 5) is 0. The van der Waals surface area contributed by atoms with Gasteiger partial charge in [0.1, 0.15) is 0 Å². The maximum atomic E-state index is 6.27. The van der Waals surface area contributed by atoms with Crippen molar-refractivity contribution < 1.29 is 0 Å². The van der Waals surface area contributed by atoms with E-state index in [0.717, 1.165) is 28.1 Å². The van der Waals surface area contributed by atoms with Crippen molar-refractivity contribution in [2.75, 3.05) is 12.3 Å². The standard InChI is InChI=1S/C17H26ClNS/c1-3-19-17(12-20-15-7-5-4-6-8-15)14-10-9-13(2)16(18)11-14/h9-11,15,17,19H,3-8,12H2,1-2H3. The molecule has 1 fully saturated rings. The highest BCUT2D eigenvalue weighted by molar-refractivity contribution is 7.99. The fourth-order valence-electron chi connectivity index (χ4n) is 2.81. The van der Waals surface area contributed by atoms with Crippen LogP contribution in [0.2, 0.25) is 5.02 Å². The number of thioether (sulfide) groups is 1. The van der Waals surface area contributed by atoms with Crippen LogP contribution in [0.25, 0.3) is 0 Å². The van der Waals surface area contributed by atoms with Crippen LogP contribution < -0.4 is 5.32 Å². The predicted molar refractivity (Wildman–Crippen MR) is 91.9 cm³/mol. The first-order valence-electron chi connectivity index (χ1n) is 7.81. The molecule has 2 rings (SSSR count). The number of rotatable bonds is 6. The third kappa shape index (κ3) is 4.68. The Bertz CT molecular complexity index is 415. The van der Waals surface area contributed by atoms with Crippen LogP contribution in [0, 0.1) is 6.92 Å². The van der Waals surface area contributed by atoms with Gasteiger partial charge in [-0.15, -0.1) is 0 Å². The molecule has 0 aliphatic heterocycles. The molecule has 0 bridgehead atoms. The third-order valence-corrected chi connectivity index (χ3v) is 5.98. The molecule has 1 saturated carbocycles. The minimum atomic E-state index is 0.421. The zero-order valence-corrected chi connectivity index (χ0v) is 14.2. The van der Waals surface area contributed by atoms with Crippen molar-refractivity contribution >= 4 is 23.4 Å². The lowest BCUT2D eigenvalue weighted by Gasteiger charge is -2.25. The lowest BCUT2D eigenvalue weighted by molar-refractivity contribution is 0.514. The van der Waals surface area contributed by atoms with Crippen LogP contribution in [0.5, 0.6) is 0 Å². The second-order valence-electron chi connectivity index (χ2n) is 5.71. The summed E-state index contributed by atoms with van der Waals surface area (Å²) in [6, 6.07) is 6.90. The van der Waals surface area contributed by atoms with Crippen LogP contribution >= 0.6 is 23.4 Å². The van der Waals surface area contributed by atoms with E-state index in [0.29, 0.717) is 6.04 Å². The van der Waals surface area contributed by atoms with Crippen molar-refractivity contribution in [3.05, 3.63) is 34.3 Å². The fourth-order valence-corrected chi connectivity index (χ4v) is 4.44. The quantitative estimate of drug-likeness (QED) is 0.758. The van der Waals surface area contributed by atoms with Crippen LogP contribution in [-0.2, 0) is 0 Å². The van der Waals surface area contributed by atoms with E-state index in [2.05, 4.69) is 49.1 Å². The summed E-state index contributed by atoms with van der Waals surface area (Å²) >= 11 is 8.42. The maximum absolute atomic E-state index is 6.27. The second kappa shape index (κ2) is 8.31. The molecule has 1 aliphatic rings. The van der Waals surface area contributed by atoms with E-state index < -0.39 is 0 Å². The van der Waals surface area contributed by atoms with Crippen molar-refractivity contribution in [1.29, 1.82) is 0 Å². The molecule has 1 aromatic carbocycles. The highest BCUT2D eigenvalue weighted by Gasteiger charge is 2.17. The summed E-state index contributed by atoms with van der Waals surface area (Å²) < 4.78 is 0. The molecule has 112 valence electrons. The average Bonchev–Trinajstić information content (AvgIpc) is 2.47. The molecule has 1 atom stereocenters. The van der Waals surface area contributed by atoms with Gasteiger partial charge in [0.15, 0.2) is 0 Å². The van der Waals surface area contributed by atoms with Crippen molar-refractivity contribution in [3.63, 3.8) is 0 Å². The van der Waals surface area contributed by atoms with Gasteiger partial charge >= 0.3 is 0 Å². The molecule has 1 unspecified atom stereocenters. The van der Waals surface area contributed by atoms with Crippen LogP contribution in [-0.4, -0.2) is 17.5 Å². The van der Waals surface area contributed by atoms with Crippen LogP contribution in [0.3, 0.4) is 0 Å². The molecular weight excluding hydrogens is 286 g/mol. The van der Waals surface area contributed by atoms with E-state index >= 15 is 0 Å².